The second-order valence-corrected chi connectivity index (χ2v) is 6.62. The lowest BCUT2D eigenvalue weighted by Gasteiger charge is -2.09. The van der Waals surface area contributed by atoms with Crippen LogP contribution in [0.3, 0.4) is 0 Å². The number of aromatic nitrogens is 1. The minimum absolute atomic E-state index is 0.137. The number of carbonyl (C=O) groups excluding carboxylic acids is 1. The van der Waals surface area contributed by atoms with Gasteiger partial charge in [-0.1, -0.05) is 0 Å². The minimum atomic E-state index is -4.43. The monoisotopic (exact) mass is 423 g/mol. The van der Waals surface area contributed by atoms with E-state index in [9.17, 15) is 18.0 Å². The summed E-state index contributed by atoms with van der Waals surface area (Å²) in [5, 5.41) is 7.59. The van der Waals surface area contributed by atoms with E-state index in [1.54, 1.807) is 23.6 Å². The molecule has 29 heavy (non-hydrogen) atoms. The van der Waals surface area contributed by atoms with Crippen molar-refractivity contribution in [2.75, 3.05) is 24.9 Å². The summed E-state index contributed by atoms with van der Waals surface area (Å²) in [5.74, 6) is 0.587. The summed E-state index contributed by atoms with van der Waals surface area (Å²) in [5.41, 5.74) is 0.278. The van der Waals surface area contributed by atoms with Crippen LogP contribution in [0.5, 0.6) is 11.5 Å². The van der Waals surface area contributed by atoms with Gasteiger partial charge in [-0.3, -0.25) is 4.79 Å². The van der Waals surface area contributed by atoms with Crippen molar-refractivity contribution in [3.05, 3.63) is 59.1 Å². The van der Waals surface area contributed by atoms with Crippen molar-refractivity contribution in [1.29, 1.82) is 0 Å². The van der Waals surface area contributed by atoms with E-state index in [-0.39, 0.29) is 11.4 Å². The van der Waals surface area contributed by atoms with Gasteiger partial charge in [0.2, 0.25) is 0 Å². The lowest BCUT2D eigenvalue weighted by molar-refractivity contribution is -0.137. The van der Waals surface area contributed by atoms with Crippen molar-refractivity contribution in [2.45, 2.75) is 6.18 Å². The summed E-state index contributed by atoms with van der Waals surface area (Å²) in [6.45, 7) is 0. The quantitative estimate of drug-likeness (QED) is 0.572. The number of rotatable bonds is 6. The molecule has 0 bridgehead atoms. The molecule has 0 aliphatic heterocycles. The second kappa shape index (κ2) is 8.39. The largest absolute Gasteiger partial charge is 0.493 e. The van der Waals surface area contributed by atoms with Crippen LogP contribution >= 0.6 is 11.3 Å². The van der Waals surface area contributed by atoms with Gasteiger partial charge >= 0.3 is 6.18 Å². The average molecular weight is 423 g/mol. The highest BCUT2D eigenvalue weighted by molar-refractivity contribution is 7.14. The standard InChI is InChI=1S/C19H16F3N3O3S/c1-27-15-8-7-13(9-16(15)28-2)24-18-25-14(10-29-18)17(26)23-12-5-3-11(4-6-12)19(20,21)22/h3-10H,1-2H3,(H,23,26)(H,24,25). The third kappa shape index (κ3) is 4.96. The molecule has 0 atom stereocenters. The first-order valence-corrected chi connectivity index (χ1v) is 9.11. The van der Waals surface area contributed by atoms with Crippen LogP contribution in [0.15, 0.2) is 47.8 Å². The number of ether oxygens (including phenoxy) is 2. The van der Waals surface area contributed by atoms with Gasteiger partial charge < -0.3 is 20.1 Å². The Bertz CT molecular complexity index is 1000. The van der Waals surface area contributed by atoms with E-state index < -0.39 is 17.6 Å². The fourth-order valence-electron chi connectivity index (χ4n) is 2.41. The molecule has 3 aromatic rings. The highest BCUT2D eigenvalue weighted by Gasteiger charge is 2.30. The van der Waals surface area contributed by atoms with Gasteiger partial charge in [0.05, 0.1) is 19.8 Å². The molecule has 152 valence electrons. The van der Waals surface area contributed by atoms with Gasteiger partial charge in [0, 0.05) is 22.8 Å². The van der Waals surface area contributed by atoms with Gasteiger partial charge in [0.25, 0.3) is 5.91 Å². The average Bonchev–Trinajstić information content (AvgIpc) is 3.16. The van der Waals surface area contributed by atoms with Crippen molar-refractivity contribution >= 4 is 33.8 Å². The zero-order chi connectivity index (χ0) is 21.0. The smallest absolute Gasteiger partial charge is 0.416 e. The first kappa shape index (κ1) is 20.5. The zero-order valence-corrected chi connectivity index (χ0v) is 16.1. The molecule has 1 amide bonds. The highest BCUT2D eigenvalue weighted by Crippen LogP contribution is 2.32. The summed E-state index contributed by atoms with van der Waals surface area (Å²) < 4.78 is 48.2. The van der Waals surface area contributed by atoms with Gasteiger partial charge in [-0.2, -0.15) is 13.2 Å². The van der Waals surface area contributed by atoms with Crippen LogP contribution in [0.1, 0.15) is 16.1 Å². The molecule has 0 radical (unpaired) electrons. The number of benzene rings is 2. The number of hydrogen-bond donors (Lipinski definition) is 2. The summed E-state index contributed by atoms with van der Waals surface area (Å²) in [4.78, 5) is 16.5. The van der Waals surface area contributed by atoms with Crippen LogP contribution in [0.4, 0.5) is 29.7 Å². The molecule has 1 aromatic heterocycles. The Morgan fingerprint density at radius 2 is 1.66 bits per heavy atom. The molecule has 10 heteroatoms. The fourth-order valence-corrected chi connectivity index (χ4v) is 3.12. The number of amides is 1. The summed E-state index contributed by atoms with van der Waals surface area (Å²) in [7, 11) is 3.06. The lowest BCUT2D eigenvalue weighted by atomic mass is 10.2. The van der Waals surface area contributed by atoms with Gasteiger partial charge in [0.1, 0.15) is 5.69 Å². The number of nitrogens with zero attached hydrogens (tertiary/aromatic N) is 1. The summed E-state index contributed by atoms with van der Waals surface area (Å²) in [6.07, 6.45) is -4.43. The molecule has 6 nitrogen and oxygen atoms in total. The predicted molar refractivity (Wildman–Crippen MR) is 104 cm³/mol. The van der Waals surface area contributed by atoms with Crippen LogP contribution in [0, 0.1) is 0 Å². The van der Waals surface area contributed by atoms with E-state index in [4.69, 9.17) is 9.47 Å². The Morgan fingerprint density at radius 3 is 2.28 bits per heavy atom. The SMILES string of the molecule is COc1ccc(Nc2nc(C(=O)Nc3ccc(C(F)(F)F)cc3)cs2)cc1OC. The molecule has 0 spiro atoms. The molecule has 0 aliphatic carbocycles. The molecule has 3 rings (SSSR count). The summed E-state index contributed by atoms with van der Waals surface area (Å²) in [6, 6.07) is 9.41. The normalized spacial score (nSPS) is 11.1. The fraction of sp³-hybridized carbons (Fsp3) is 0.158. The maximum atomic E-state index is 12.6. The topological polar surface area (TPSA) is 72.5 Å². The molecular formula is C19H16F3N3O3S. The molecule has 0 saturated carbocycles. The van der Waals surface area contributed by atoms with Crippen molar-refractivity contribution in [2.24, 2.45) is 0 Å². The number of nitrogens with one attached hydrogen (secondary N) is 2. The Hall–Kier alpha value is -3.27. The van der Waals surface area contributed by atoms with E-state index >= 15 is 0 Å². The molecular weight excluding hydrogens is 407 g/mol. The number of hydrogen-bond acceptors (Lipinski definition) is 6. The second-order valence-electron chi connectivity index (χ2n) is 5.76. The van der Waals surface area contributed by atoms with Gasteiger partial charge in [-0.15, -0.1) is 11.3 Å². The third-order valence-electron chi connectivity index (χ3n) is 3.84. The highest BCUT2D eigenvalue weighted by atomic mass is 32.1. The molecule has 0 aliphatic rings. The number of halogens is 3. The molecule has 0 saturated heterocycles. The van der Waals surface area contributed by atoms with Crippen LogP contribution < -0.4 is 20.1 Å². The van der Waals surface area contributed by atoms with Crippen molar-refractivity contribution in [1.82, 2.24) is 4.98 Å². The van der Waals surface area contributed by atoms with Crippen LogP contribution in [-0.4, -0.2) is 25.1 Å². The van der Waals surface area contributed by atoms with Gasteiger partial charge in [-0.25, -0.2) is 4.98 Å². The van der Waals surface area contributed by atoms with E-state index in [0.29, 0.717) is 22.3 Å². The number of methoxy groups -OCH3 is 2. The molecule has 2 aromatic carbocycles. The number of anilines is 3. The Kier molecular flexibility index (Phi) is 5.92. The molecule has 2 N–H and O–H groups in total. The van der Waals surface area contributed by atoms with E-state index in [1.165, 1.54) is 37.7 Å². The Morgan fingerprint density at radius 1 is 1.00 bits per heavy atom. The van der Waals surface area contributed by atoms with Crippen molar-refractivity contribution < 1.29 is 27.4 Å². The zero-order valence-electron chi connectivity index (χ0n) is 15.3. The molecule has 0 unspecified atom stereocenters. The van der Waals surface area contributed by atoms with Crippen molar-refractivity contribution in [3.8, 4) is 11.5 Å². The van der Waals surface area contributed by atoms with Crippen LogP contribution in [0.2, 0.25) is 0 Å². The number of thiazole rings is 1. The Balaban J connectivity index is 1.67. The Labute approximate surface area is 168 Å². The van der Waals surface area contributed by atoms with Crippen molar-refractivity contribution in [3.63, 3.8) is 0 Å². The van der Waals surface area contributed by atoms with E-state index in [0.717, 1.165) is 12.1 Å². The molecule has 0 fully saturated rings. The van der Waals surface area contributed by atoms with Gasteiger partial charge in [0.15, 0.2) is 16.6 Å². The number of carbonyl (C=O) groups is 1. The third-order valence-corrected chi connectivity index (χ3v) is 4.60. The van der Waals surface area contributed by atoms with E-state index in [2.05, 4.69) is 15.6 Å². The summed E-state index contributed by atoms with van der Waals surface area (Å²) >= 11 is 1.21. The van der Waals surface area contributed by atoms with Crippen LogP contribution in [0.25, 0.3) is 0 Å². The van der Waals surface area contributed by atoms with E-state index in [1.807, 2.05) is 0 Å². The minimum Gasteiger partial charge on any atom is -0.493 e. The lowest BCUT2D eigenvalue weighted by Crippen LogP contribution is -2.13. The number of alkyl halides is 3. The first-order chi connectivity index (χ1) is 13.8. The van der Waals surface area contributed by atoms with Crippen LogP contribution in [-0.2, 0) is 6.18 Å². The predicted octanol–water partition coefficient (Wildman–Crippen LogP) is 5.18. The molecule has 1 heterocycles. The van der Waals surface area contributed by atoms with Gasteiger partial charge in [-0.05, 0) is 36.4 Å². The first-order valence-electron chi connectivity index (χ1n) is 8.23. The maximum absolute atomic E-state index is 12.6. The maximum Gasteiger partial charge on any atom is 0.416 e.